The zero-order valence-electron chi connectivity index (χ0n) is 17.1. The summed E-state index contributed by atoms with van der Waals surface area (Å²) in [6.07, 6.45) is 2.24. The van der Waals surface area contributed by atoms with E-state index in [9.17, 15) is 24.8 Å². The lowest BCUT2D eigenvalue weighted by molar-refractivity contribution is -0.385. The second-order valence-corrected chi connectivity index (χ2v) is 7.07. The molecule has 0 fully saturated rings. The Morgan fingerprint density at radius 1 is 1.07 bits per heavy atom. The first-order valence-electron chi connectivity index (χ1n) is 10.00. The number of hydrogen-bond acceptors (Lipinski definition) is 6. The van der Waals surface area contributed by atoms with Crippen molar-refractivity contribution >= 4 is 16.9 Å². The minimum absolute atomic E-state index is 0.151. The molecule has 0 unspecified atom stereocenters. The first-order valence-corrected chi connectivity index (χ1v) is 10.00. The molecule has 2 aromatic heterocycles. The summed E-state index contributed by atoms with van der Waals surface area (Å²) in [6.45, 7) is 4.16. The van der Waals surface area contributed by atoms with Crippen molar-refractivity contribution in [3.8, 4) is 0 Å². The molecule has 1 aromatic carbocycles. The van der Waals surface area contributed by atoms with Crippen molar-refractivity contribution in [2.45, 2.75) is 59.4 Å². The van der Waals surface area contributed by atoms with Gasteiger partial charge in [-0.2, -0.15) is 0 Å². The van der Waals surface area contributed by atoms with Gasteiger partial charge in [-0.1, -0.05) is 38.5 Å². The van der Waals surface area contributed by atoms with Gasteiger partial charge in [-0.05, 0) is 12.8 Å². The molecule has 0 saturated heterocycles. The molecular formula is C20H25N5O5. The normalized spacial score (nSPS) is 11.3. The van der Waals surface area contributed by atoms with Crippen LogP contribution in [0.3, 0.4) is 0 Å². The maximum Gasteiger partial charge on any atom is 0.333 e. The number of nitro benzene ring substituents is 1. The Bertz CT molecular complexity index is 1190. The Balaban J connectivity index is 2.32. The maximum atomic E-state index is 13.3. The number of aliphatic hydroxyl groups is 1. The average molecular weight is 415 g/mol. The number of para-hydroxylation sites is 1. The molecule has 0 aliphatic heterocycles. The molecule has 10 nitrogen and oxygen atoms in total. The van der Waals surface area contributed by atoms with Crippen LogP contribution in [0.15, 0.2) is 33.9 Å². The molecular weight excluding hydrogens is 390 g/mol. The highest BCUT2D eigenvalue weighted by Gasteiger charge is 2.22. The third kappa shape index (κ3) is 3.78. The predicted molar refractivity (Wildman–Crippen MR) is 112 cm³/mol. The Hall–Kier alpha value is -3.27. The lowest BCUT2D eigenvalue weighted by atomic mass is 10.2. The summed E-state index contributed by atoms with van der Waals surface area (Å²) in [5.74, 6) is 0.317. The molecule has 3 aromatic rings. The molecule has 1 N–H and O–H groups in total. The number of unbranched alkanes of at least 4 members (excludes halogenated alkanes) is 1. The second-order valence-electron chi connectivity index (χ2n) is 7.07. The van der Waals surface area contributed by atoms with Gasteiger partial charge >= 0.3 is 5.69 Å². The molecule has 0 saturated carbocycles. The van der Waals surface area contributed by atoms with Gasteiger partial charge in [0.1, 0.15) is 12.4 Å². The summed E-state index contributed by atoms with van der Waals surface area (Å²) < 4.78 is 4.09. The first-order chi connectivity index (χ1) is 14.4. The molecule has 0 aliphatic rings. The molecule has 10 heteroatoms. The van der Waals surface area contributed by atoms with E-state index < -0.39 is 16.2 Å². The Morgan fingerprint density at radius 3 is 2.43 bits per heavy atom. The van der Waals surface area contributed by atoms with Crippen molar-refractivity contribution in [1.82, 2.24) is 18.7 Å². The van der Waals surface area contributed by atoms with Crippen molar-refractivity contribution in [3.05, 3.63) is 66.6 Å². The highest BCUT2D eigenvalue weighted by Crippen LogP contribution is 2.19. The van der Waals surface area contributed by atoms with Crippen LogP contribution in [0.2, 0.25) is 0 Å². The molecule has 0 radical (unpaired) electrons. The van der Waals surface area contributed by atoms with E-state index in [1.54, 1.807) is 10.6 Å². The largest absolute Gasteiger partial charge is 0.388 e. The summed E-state index contributed by atoms with van der Waals surface area (Å²) in [5, 5.41) is 21.1. The van der Waals surface area contributed by atoms with Crippen LogP contribution in [0.4, 0.5) is 5.69 Å². The summed E-state index contributed by atoms with van der Waals surface area (Å²) >= 11 is 0. The molecule has 0 bridgehead atoms. The summed E-state index contributed by atoms with van der Waals surface area (Å²) in [4.78, 5) is 41.8. The fourth-order valence-corrected chi connectivity index (χ4v) is 3.57. The van der Waals surface area contributed by atoms with Gasteiger partial charge in [-0.25, -0.2) is 9.78 Å². The quantitative estimate of drug-likeness (QED) is 0.421. The van der Waals surface area contributed by atoms with Crippen LogP contribution in [0.1, 0.15) is 44.5 Å². The molecule has 30 heavy (non-hydrogen) atoms. The van der Waals surface area contributed by atoms with Crippen molar-refractivity contribution < 1.29 is 10.0 Å². The molecule has 2 heterocycles. The van der Waals surface area contributed by atoms with Crippen LogP contribution in [-0.4, -0.2) is 28.7 Å². The zero-order valence-corrected chi connectivity index (χ0v) is 17.1. The van der Waals surface area contributed by atoms with Gasteiger partial charge in [0.05, 0.1) is 11.5 Å². The topological polar surface area (TPSA) is 125 Å². The van der Waals surface area contributed by atoms with E-state index in [1.165, 1.54) is 22.8 Å². The van der Waals surface area contributed by atoms with Crippen LogP contribution in [0, 0.1) is 10.1 Å². The Labute approximate surface area is 172 Å². The van der Waals surface area contributed by atoms with Gasteiger partial charge < -0.3 is 9.67 Å². The number of aryl methyl sites for hydroxylation is 2. The minimum atomic E-state index is -0.568. The number of benzene rings is 1. The lowest BCUT2D eigenvalue weighted by Gasteiger charge is -2.12. The third-order valence-electron chi connectivity index (χ3n) is 5.03. The highest BCUT2D eigenvalue weighted by molar-refractivity contribution is 5.71. The van der Waals surface area contributed by atoms with E-state index in [2.05, 4.69) is 4.98 Å². The number of imidazole rings is 1. The summed E-state index contributed by atoms with van der Waals surface area (Å²) in [7, 11) is 0. The molecule has 0 spiro atoms. The smallest absolute Gasteiger partial charge is 0.333 e. The van der Waals surface area contributed by atoms with E-state index in [0.29, 0.717) is 31.8 Å². The predicted octanol–water partition coefficient (Wildman–Crippen LogP) is 2.02. The second kappa shape index (κ2) is 9.04. The number of fused-ring (bicyclic) bond motifs is 1. The number of aromatic nitrogens is 4. The molecule has 0 aliphatic carbocycles. The number of hydrogen-bond donors (Lipinski definition) is 1. The van der Waals surface area contributed by atoms with Crippen molar-refractivity contribution in [1.29, 1.82) is 0 Å². The van der Waals surface area contributed by atoms with E-state index in [1.807, 2.05) is 13.8 Å². The van der Waals surface area contributed by atoms with Crippen LogP contribution in [0.5, 0.6) is 0 Å². The SMILES string of the molecule is CCCCn1c(=O)n(Cc2ccccc2[N+](=O)[O-])c(=O)c2c1nc(CO)n2CCC. The van der Waals surface area contributed by atoms with E-state index in [-0.39, 0.29) is 35.6 Å². The van der Waals surface area contributed by atoms with Crippen LogP contribution < -0.4 is 11.2 Å². The number of aliphatic hydroxyl groups excluding tert-OH is 1. The zero-order chi connectivity index (χ0) is 21.8. The third-order valence-corrected chi connectivity index (χ3v) is 5.03. The number of nitro groups is 1. The van der Waals surface area contributed by atoms with Gasteiger partial charge in [-0.15, -0.1) is 0 Å². The number of rotatable bonds is 9. The summed E-state index contributed by atoms with van der Waals surface area (Å²) in [6, 6.07) is 6.05. The lowest BCUT2D eigenvalue weighted by Crippen LogP contribution is -2.41. The molecule has 3 rings (SSSR count). The van der Waals surface area contributed by atoms with Gasteiger partial charge in [0.25, 0.3) is 11.2 Å². The maximum absolute atomic E-state index is 13.3. The van der Waals surface area contributed by atoms with Crippen LogP contribution >= 0.6 is 0 Å². The van der Waals surface area contributed by atoms with Crippen molar-refractivity contribution in [2.75, 3.05) is 0 Å². The fraction of sp³-hybridized carbons (Fsp3) is 0.450. The van der Waals surface area contributed by atoms with E-state index in [4.69, 9.17) is 0 Å². The van der Waals surface area contributed by atoms with Crippen molar-refractivity contribution in [2.24, 2.45) is 0 Å². The van der Waals surface area contributed by atoms with Gasteiger partial charge in [0.15, 0.2) is 11.2 Å². The van der Waals surface area contributed by atoms with Crippen molar-refractivity contribution in [3.63, 3.8) is 0 Å². The molecule has 0 atom stereocenters. The number of nitrogens with zero attached hydrogens (tertiary/aromatic N) is 5. The van der Waals surface area contributed by atoms with Crippen LogP contribution in [-0.2, 0) is 26.2 Å². The minimum Gasteiger partial charge on any atom is -0.388 e. The fourth-order valence-electron chi connectivity index (χ4n) is 3.57. The Kier molecular flexibility index (Phi) is 6.46. The molecule has 0 amide bonds. The highest BCUT2D eigenvalue weighted by atomic mass is 16.6. The van der Waals surface area contributed by atoms with Gasteiger partial charge in [0, 0.05) is 24.7 Å². The van der Waals surface area contributed by atoms with Gasteiger partial charge in [-0.3, -0.25) is 24.0 Å². The van der Waals surface area contributed by atoms with Gasteiger partial charge in [0.2, 0.25) is 0 Å². The first kappa shape index (κ1) is 21.4. The standard InChI is InChI=1S/C20H25N5O5/c1-3-5-11-23-18-17(22(10-4-2)16(13-26)21-18)19(27)24(20(23)28)12-14-8-6-7-9-15(14)25(29)30/h6-9,26H,3-5,10-13H2,1-2H3. The summed E-state index contributed by atoms with van der Waals surface area (Å²) in [5.41, 5.74) is -0.537. The van der Waals surface area contributed by atoms with E-state index >= 15 is 0 Å². The average Bonchev–Trinajstić information content (AvgIpc) is 3.10. The van der Waals surface area contributed by atoms with E-state index in [0.717, 1.165) is 11.0 Å². The molecule has 160 valence electrons. The van der Waals surface area contributed by atoms with Crippen LogP contribution in [0.25, 0.3) is 11.2 Å². The monoisotopic (exact) mass is 415 g/mol. The Morgan fingerprint density at radius 2 is 1.80 bits per heavy atom.